The molecular formula is C19H27ClN2O5S. The second kappa shape index (κ2) is 9.71. The average molecular weight is 431 g/mol. The number of nitrogens with zero attached hydrogens (tertiary/aromatic N) is 2. The zero-order valence-corrected chi connectivity index (χ0v) is 18.1. The number of hydrogen-bond acceptors (Lipinski definition) is 5. The van der Waals surface area contributed by atoms with Crippen LogP contribution in [0.25, 0.3) is 0 Å². The number of benzene rings is 1. The Labute approximate surface area is 171 Å². The molecule has 156 valence electrons. The summed E-state index contributed by atoms with van der Waals surface area (Å²) < 4.78 is 32.0. The normalized spacial score (nSPS) is 15.7. The van der Waals surface area contributed by atoms with E-state index in [1.807, 2.05) is 0 Å². The van der Waals surface area contributed by atoms with Gasteiger partial charge in [0, 0.05) is 31.7 Å². The van der Waals surface area contributed by atoms with Crippen LogP contribution in [0.1, 0.15) is 44.0 Å². The van der Waals surface area contributed by atoms with Crippen molar-refractivity contribution in [3.05, 3.63) is 28.8 Å². The molecule has 2 rings (SSSR count). The lowest BCUT2D eigenvalue weighted by atomic mass is 9.96. The minimum absolute atomic E-state index is 0.0647. The van der Waals surface area contributed by atoms with Gasteiger partial charge in [-0.1, -0.05) is 25.4 Å². The first-order valence-electron chi connectivity index (χ1n) is 9.51. The molecule has 0 radical (unpaired) electrons. The van der Waals surface area contributed by atoms with Crippen LogP contribution in [0, 0.1) is 5.92 Å². The van der Waals surface area contributed by atoms with Crippen LogP contribution in [0.3, 0.4) is 0 Å². The largest absolute Gasteiger partial charge is 0.466 e. The molecule has 7 nitrogen and oxygen atoms in total. The van der Waals surface area contributed by atoms with Crippen molar-refractivity contribution in [2.24, 2.45) is 5.92 Å². The van der Waals surface area contributed by atoms with Crippen LogP contribution >= 0.6 is 11.6 Å². The summed E-state index contributed by atoms with van der Waals surface area (Å²) in [5, 5.41) is 0.0875. The summed E-state index contributed by atoms with van der Waals surface area (Å²) in [5.41, 5.74) is 0.268. The lowest BCUT2D eigenvalue weighted by Gasteiger charge is -2.31. The van der Waals surface area contributed by atoms with Gasteiger partial charge < -0.3 is 9.64 Å². The molecule has 9 heteroatoms. The predicted molar refractivity (Wildman–Crippen MR) is 107 cm³/mol. The van der Waals surface area contributed by atoms with Gasteiger partial charge in [-0.05, 0) is 38.0 Å². The van der Waals surface area contributed by atoms with Gasteiger partial charge in [-0.3, -0.25) is 9.59 Å². The monoisotopic (exact) mass is 430 g/mol. The molecule has 1 aliphatic heterocycles. The van der Waals surface area contributed by atoms with Crippen molar-refractivity contribution in [1.82, 2.24) is 9.21 Å². The van der Waals surface area contributed by atoms with Crippen molar-refractivity contribution in [2.45, 2.75) is 38.5 Å². The van der Waals surface area contributed by atoms with E-state index in [-0.39, 0.29) is 33.3 Å². The van der Waals surface area contributed by atoms with Gasteiger partial charge in [-0.2, -0.15) is 4.31 Å². The van der Waals surface area contributed by atoms with Crippen molar-refractivity contribution in [3.8, 4) is 0 Å². The Balaban J connectivity index is 2.19. The Morgan fingerprint density at radius 2 is 1.79 bits per heavy atom. The molecule has 0 aliphatic carbocycles. The van der Waals surface area contributed by atoms with Gasteiger partial charge in [0.15, 0.2) is 0 Å². The molecule has 1 heterocycles. The first-order chi connectivity index (χ1) is 13.3. The van der Waals surface area contributed by atoms with Crippen molar-refractivity contribution >= 4 is 33.5 Å². The maximum Gasteiger partial charge on any atom is 0.309 e. The van der Waals surface area contributed by atoms with Crippen molar-refractivity contribution in [2.75, 3.05) is 32.8 Å². The number of hydrogen-bond donors (Lipinski definition) is 0. The molecule has 1 saturated heterocycles. The zero-order chi connectivity index (χ0) is 20.9. The Morgan fingerprint density at radius 1 is 1.18 bits per heavy atom. The van der Waals surface area contributed by atoms with Gasteiger partial charge in [0.2, 0.25) is 10.0 Å². The summed E-state index contributed by atoms with van der Waals surface area (Å²) >= 11 is 6.13. The highest BCUT2D eigenvalue weighted by molar-refractivity contribution is 7.89. The van der Waals surface area contributed by atoms with Gasteiger partial charge in [0.25, 0.3) is 5.91 Å². The van der Waals surface area contributed by atoms with E-state index in [4.69, 9.17) is 16.3 Å². The number of carbonyl (C=O) groups is 2. The summed E-state index contributed by atoms with van der Waals surface area (Å²) in [6.07, 6.45) is 1.06. The molecule has 1 amide bonds. The van der Waals surface area contributed by atoms with Crippen LogP contribution in [0.5, 0.6) is 0 Å². The van der Waals surface area contributed by atoms with Crippen LogP contribution in [-0.4, -0.2) is 62.3 Å². The van der Waals surface area contributed by atoms with E-state index in [0.29, 0.717) is 45.6 Å². The second-order valence-electron chi connectivity index (χ2n) is 6.55. The fraction of sp³-hybridized carbons (Fsp3) is 0.579. The SMILES string of the molecule is CCOC(=O)C1CCN(C(=O)c2ccc(Cl)c(S(=O)(=O)N(CC)CC)c2)CC1. The van der Waals surface area contributed by atoms with Gasteiger partial charge in [0.1, 0.15) is 4.90 Å². The van der Waals surface area contributed by atoms with E-state index < -0.39 is 10.0 Å². The minimum Gasteiger partial charge on any atom is -0.466 e. The fourth-order valence-corrected chi connectivity index (χ4v) is 5.26. The molecule has 28 heavy (non-hydrogen) atoms. The molecule has 1 fully saturated rings. The first kappa shape index (κ1) is 22.6. The van der Waals surface area contributed by atoms with Crippen molar-refractivity contribution in [3.63, 3.8) is 0 Å². The van der Waals surface area contributed by atoms with E-state index in [1.165, 1.54) is 22.5 Å². The molecular weight excluding hydrogens is 404 g/mol. The number of sulfonamides is 1. The third-order valence-electron chi connectivity index (χ3n) is 4.90. The molecule has 0 unspecified atom stereocenters. The van der Waals surface area contributed by atoms with Gasteiger partial charge in [-0.15, -0.1) is 0 Å². The highest BCUT2D eigenvalue weighted by Gasteiger charge is 2.30. The topological polar surface area (TPSA) is 84.0 Å². The third-order valence-corrected chi connectivity index (χ3v) is 7.43. The lowest BCUT2D eigenvalue weighted by Crippen LogP contribution is -2.40. The summed E-state index contributed by atoms with van der Waals surface area (Å²) in [6.45, 7) is 7.07. The molecule has 1 aliphatic rings. The third kappa shape index (κ3) is 4.85. The summed E-state index contributed by atoms with van der Waals surface area (Å²) in [4.78, 5) is 26.3. The maximum absolute atomic E-state index is 12.9. The number of carbonyl (C=O) groups excluding carboxylic acids is 2. The Morgan fingerprint density at radius 3 is 2.32 bits per heavy atom. The molecule has 0 atom stereocenters. The van der Waals surface area contributed by atoms with Crippen LogP contribution < -0.4 is 0 Å². The van der Waals surface area contributed by atoms with E-state index in [9.17, 15) is 18.0 Å². The van der Waals surface area contributed by atoms with E-state index in [0.717, 1.165) is 0 Å². The van der Waals surface area contributed by atoms with Gasteiger partial charge in [0.05, 0.1) is 17.5 Å². The van der Waals surface area contributed by atoms with Crippen molar-refractivity contribution < 1.29 is 22.7 Å². The Bertz CT molecular complexity index is 816. The summed E-state index contributed by atoms with van der Waals surface area (Å²) in [5.74, 6) is -0.698. The molecule has 1 aromatic rings. The number of esters is 1. The second-order valence-corrected chi connectivity index (χ2v) is 8.87. The standard InChI is InChI=1S/C19H27ClN2O5S/c1-4-22(5-2)28(25,26)17-13-15(7-8-16(17)20)18(23)21-11-9-14(10-12-21)19(24)27-6-3/h7-8,13-14H,4-6,9-12H2,1-3H3. The number of piperidine rings is 1. The zero-order valence-electron chi connectivity index (χ0n) is 16.5. The van der Waals surface area contributed by atoms with Crippen LogP contribution in [-0.2, 0) is 19.6 Å². The maximum atomic E-state index is 12.9. The fourth-order valence-electron chi connectivity index (χ4n) is 3.30. The quantitative estimate of drug-likeness (QED) is 0.621. The Hall–Kier alpha value is -1.64. The number of ether oxygens (including phenoxy) is 1. The highest BCUT2D eigenvalue weighted by Crippen LogP contribution is 2.27. The lowest BCUT2D eigenvalue weighted by molar-refractivity contribution is -0.149. The van der Waals surface area contributed by atoms with Crippen LogP contribution in [0.2, 0.25) is 5.02 Å². The van der Waals surface area contributed by atoms with Crippen LogP contribution in [0.15, 0.2) is 23.1 Å². The van der Waals surface area contributed by atoms with Gasteiger partial charge >= 0.3 is 5.97 Å². The van der Waals surface area contributed by atoms with Crippen LogP contribution in [0.4, 0.5) is 0 Å². The highest BCUT2D eigenvalue weighted by atomic mass is 35.5. The smallest absolute Gasteiger partial charge is 0.309 e. The predicted octanol–water partition coefficient (Wildman–Crippen LogP) is 2.79. The van der Waals surface area contributed by atoms with E-state index in [2.05, 4.69) is 0 Å². The van der Waals surface area contributed by atoms with E-state index in [1.54, 1.807) is 25.7 Å². The minimum atomic E-state index is -3.78. The molecule has 1 aromatic carbocycles. The molecule has 0 N–H and O–H groups in total. The van der Waals surface area contributed by atoms with E-state index >= 15 is 0 Å². The average Bonchev–Trinajstić information content (AvgIpc) is 2.68. The number of likely N-dealkylation sites (tertiary alicyclic amines) is 1. The number of amides is 1. The molecule has 0 saturated carbocycles. The summed E-state index contributed by atoms with van der Waals surface area (Å²) in [6, 6.07) is 4.32. The van der Waals surface area contributed by atoms with Gasteiger partial charge in [-0.25, -0.2) is 8.42 Å². The summed E-state index contributed by atoms with van der Waals surface area (Å²) in [7, 11) is -3.78. The number of rotatable bonds is 7. The molecule has 0 bridgehead atoms. The number of halogens is 1. The Kier molecular flexibility index (Phi) is 7.86. The first-order valence-corrected chi connectivity index (χ1v) is 11.3. The molecule has 0 spiro atoms. The molecule has 0 aromatic heterocycles. The van der Waals surface area contributed by atoms with Crippen molar-refractivity contribution in [1.29, 1.82) is 0 Å².